The number of carbonyl (C=O) groups is 3. The van der Waals surface area contributed by atoms with Crippen LogP contribution in [0.1, 0.15) is 53.4 Å². The monoisotopic (exact) mass is 302 g/mol. The lowest BCUT2D eigenvalue weighted by Crippen LogP contribution is -2.49. The Morgan fingerprint density at radius 2 is 1.15 bits per heavy atom. The van der Waals surface area contributed by atoms with Gasteiger partial charge in [-0.05, 0) is 6.42 Å². The molecule has 0 spiro atoms. The minimum atomic E-state index is -3.80. The van der Waals surface area contributed by atoms with Crippen molar-refractivity contribution in [3.63, 3.8) is 0 Å². The van der Waals surface area contributed by atoms with Crippen LogP contribution in [0.5, 0.6) is 0 Å². The molecule has 0 radical (unpaired) electrons. The summed E-state index contributed by atoms with van der Waals surface area (Å²) < 4.78 is 15.5. The van der Waals surface area contributed by atoms with Crippen molar-refractivity contribution in [2.45, 2.75) is 53.4 Å². The van der Waals surface area contributed by atoms with Crippen LogP contribution in [0.2, 0.25) is 0 Å². The molecule has 0 aliphatic carbocycles. The fourth-order valence-electron chi connectivity index (χ4n) is 1.12. The standard InChI is InChI=1S/C13H22O6Si/c1-5-9-10-20(17-11(14)6-2,18-12(15)7-3)19-13(16)8-4/h9-10H,5-8H2,1-4H3. The topological polar surface area (TPSA) is 78.9 Å². The molecule has 0 fully saturated rings. The van der Waals surface area contributed by atoms with E-state index in [0.717, 1.165) is 0 Å². The lowest BCUT2D eigenvalue weighted by molar-refractivity contribution is -0.149. The van der Waals surface area contributed by atoms with Crippen LogP contribution < -0.4 is 0 Å². The Labute approximate surface area is 120 Å². The average Bonchev–Trinajstić information content (AvgIpc) is 2.44. The van der Waals surface area contributed by atoms with E-state index in [2.05, 4.69) is 0 Å². The van der Waals surface area contributed by atoms with Crippen LogP contribution in [0, 0.1) is 0 Å². The molecule has 0 rings (SSSR count). The van der Waals surface area contributed by atoms with Crippen LogP contribution in [0.4, 0.5) is 0 Å². The summed E-state index contributed by atoms with van der Waals surface area (Å²) in [6.07, 6.45) is 2.58. The zero-order chi connectivity index (χ0) is 15.6. The van der Waals surface area contributed by atoms with Crippen molar-refractivity contribution in [1.29, 1.82) is 0 Å². The maximum absolute atomic E-state index is 11.5. The van der Waals surface area contributed by atoms with Crippen LogP contribution in [0.15, 0.2) is 11.8 Å². The number of hydrogen-bond donors (Lipinski definition) is 0. The van der Waals surface area contributed by atoms with E-state index in [1.807, 2.05) is 6.92 Å². The van der Waals surface area contributed by atoms with Gasteiger partial charge in [-0.2, -0.15) is 0 Å². The molecule has 0 unspecified atom stereocenters. The molecule has 7 heteroatoms. The Balaban J connectivity index is 5.36. The Morgan fingerprint density at radius 3 is 1.40 bits per heavy atom. The molecule has 0 N–H and O–H groups in total. The second kappa shape index (κ2) is 9.30. The molecule has 20 heavy (non-hydrogen) atoms. The number of carbonyl (C=O) groups excluding carboxylic acids is 3. The molecule has 0 bridgehead atoms. The maximum atomic E-state index is 11.5. The quantitative estimate of drug-likeness (QED) is 0.640. The fourth-order valence-corrected chi connectivity index (χ4v) is 3.36. The first-order chi connectivity index (χ1) is 9.42. The van der Waals surface area contributed by atoms with E-state index in [9.17, 15) is 14.4 Å². The molecule has 114 valence electrons. The summed E-state index contributed by atoms with van der Waals surface area (Å²) in [5, 5.41) is 0. The number of rotatable bonds is 8. The van der Waals surface area contributed by atoms with Gasteiger partial charge >= 0.3 is 8.80 Å². The van der Waals surface area contributed by atoms with Gasteiger partial charge in [0.25, 0.3) is 17.9 Å². The van der Waals surface area contributed by atoms with Gasteiger partial charge in [-0.15, -0.1) is 0 Å². The molecule has 6 nitrogen and oxygen atoms in total. The molecule has 0 aromatic rings. The molecular formula is C13H22O6Si. The first kappa shape index (κ1) is 18.4. The van der Waals surface area contributed by atoms with Gasteiger partial charge in [0.15, 0.2) is 0 Å². The Kier molecular flexibility index (Phi) is 8.54. The summed E-state index contributed by atoms with van der Waals surface area (Å²) in [7, 11) is -3.80. The van der Waals surface area contributed by atoms with E-state index < -0.39 is 26.7 Å². The summed E-state index contributed by atoms with van der Waals surface area (Å²) in [6.45, 7) is 6.68. The molecule has 0 aliphatic heterocycles. The van der Waals surface area contributed by atoms with Gasteiger partial charge in [-0.3, -0.25) is 14.4 Å². The first-order valence-corrected chi connectivity index (χ1v) is 8.56. The van der Waals surface area contributed by atoms with Crippen LogP contribution in [-0.4, -0.2) is 26.7 Å². The van der Waals surface area contributed by atoms with Gasteiger partial charge in [0.2, 0.25) is 0 Å². The van der Waals surface area contributed by atoms with E-state index in [1.165, 1.54) is 5.70 Å². The molecule has 0 aromatic heterocycles. The summed E-state index contributed by atoms with van der Waals surface area (Å²) >= 11 is 0. The van der Waals surface area contributed by atoms with Crippen molar-refractivity contribution in [3.05, 3.63) is 11.8 Å². The Bertz CT molecular complexity index is 332. The van der Waals surface area contributed by atoms with Crippen molar-refractivity contribution in [1.82, 2.24) is 0 Å². The minimum absolute atomic E-state index is 0.0993. The van der Waals surface area contributed by atoms with Crippen LogP contribution in [-0.2, 0) is 27.7 Å². The fraction of sp³-hybridized carbons (Fsp3) is 0.615. The SMILES string of the molecule is CCC=C[Si](OC(=O)CC)(OC(=O)CC)OC(=O)CC. The first-order valence-electron chi connectivity index (χ1n) is 6.76. The second-order valence-electron chi connectivity index (χ2n) is 3.90. The van der Waals surface area contributed by atoms with Crippen molar-refractivity contribution >= 4 is 26.7 Å². The van der Waals surface area contributed by atoms with Gasteiger partial charge in [0.05, 0.1) is 0 Å². The van der Waals surface area contributed by atoms with Gasteiger partial charge in [0, 0.05) is 25.0 Å². The summed E-state index contributed by atoms with van der Waals surface area (Å²) in [5.41, 5.74) is 1.40. The highest BCUT2D eigenvalue weighted by atomic mass is 28.4. The van der Waals surface area contributed by atoms with Gasteiger partial charge < -0.3 is 13.3 Å². The third kappa shape index (κ3) is 6.51. The molecule has 0 aromatic carbocycles. The van der Waals surface area contributed by atoms with E-state index in [-0.39, 0.29) is 19.3 Å². The second-order valence-corrected chi connectivity index (χ2v) is 6.05. The smallest absolute Gasteiger partial charge is 0.452 e. The molecular weight excluding hydrogens is 280 g/mol. The highest BCUT2D eigenvalue weighted by Gasteiger charge is 2.50. The van der Waals surface area contributed by atoms with Crippen molar-refractivity contribution in [2.75, 3.05) is 0 Å². The average molecular weight is 302 g/mol. The lowest BCUT2D eigenvalue weighted by Gasteiger charge is -2.24. The third-order valence-electron chi connectivity index (χ3n) is 2.19. The highest BCUT2D eigenvalue weighted by Crippen LogP contribution is 2.16. The van der Waals surface area contributed by atoms with E-state index in [1.54, 1.807) is 26.8 Å². The zero-order valence-electron chi connectivity index (χ0n) is 12.4. The minimum Gasteiger partial charge on any atom is -0.452 e. The van der Waals surface area contributed by atoms with Gasteiger partial charge in [-0.25, -0.2) is 0 Å². The zero-order valence-corrected chi connectivity index (χ0v) is 13.4. The highest BCUT2D eigenvalue weighted by molar-refractivity contribution is 6.70. The lowest BCUT2D eigenvalue weighted by atomic mass is 10.5. The van der Waals surface area contributed by atoms with Crippen LogP contribution >= 0.6 is 0 Å². The molecule has 0 atom stereocenters. The van der Waals surface area contributed by atoms with Crippen LogP contribution in [0.3, 0.4) is 0 Å². The van der Waals surface area contributed by atoms with Crippen molar-refractivity contribution in [3.8, 4) is 0 Å². The molecule has 0 heterocycles. The van der Waals surface area contributed by atoms with Gasteiger partial charge in [0.1, 0.15) is 0 Å². The largest absolute Gasteiger partial charge is 0.734 e. The van der Waals surface area contributed by atoms with Crippen LogP contribution in [0.25, 0.3) is 0 Å². The van der Waals surface area contributed by atoms with Crippen molar-refractivity contribution < 1.29 is 27.7 Å². The predicted molar refractivity (Wildman–Crippen MR) is 74.3 cm³/mol. The molecule has 0 aliphatic rings. The summed E-state index contributed by atoms with van der Waals surface area (Å²) in [5.74, 6) is -1.74. The molecule has 0 saturated carbocycles. The maximum Gasteiger partial charge on any atom is 0.734 e. The number of allylic oxidation sites excluding steroid dienone is 1. The van der Waals surface area contributed by atoms with E-state index in [4.69, 9.17) is 13.3 Å². The van der Waals surface area contributed by atoms with E-state index in [0.29, 0.717) is 6.42 Å². The summed E-state index contributed by atoms with van der Waals surface area (Å²) in [6, 6.07) is 0. The molecule has 0 amide bonds. The van der Waals surface area contributed by atoms with E-state index >= 15 is 0 Å². The normalized spacial score (nSPS) is 11.2. The van der Waals surface area contributed by atoms with Gasteiger partial charge in [-0.1, -0.05) is 33.8 Å². The predicted octanol–water partition coefficient (Wildman–Crippen LogP) is 2.29. The number of hydrogen-bond acceptors (Lipinski definition) is 6. The summed E-state index contributed by atoms with van der Waals surface area (Å²) in [4.78, 5) is 34.6. The Hall–Kier alpha value is -1.63. The molecule has 0 saturated heterocycles. The third-order valence-corrected chi connectivity index (χ3v) is 4.37. The van der Waals surface area contributed by atoms with Crippen molar-refractivity contribution in [2.24, 2.45) is 0 Å². The Morgan fingerprint density at radius 1 is 0.800 bits per heavy atom.